The van der Waals surface area contributed by atoms with Gasteiger partial charge in [-0.3, -0.25) is 18.9 Å². The fraction of sp³-hybridized carbons (Fsp3) is 0.0455. The molecule has 0 saturated carbocycles. The smallest absolute Gasteiger partial charge is 0.336 e. The van der Waals surface area contributed by atoms with Gasteiger partial charge in [0.05, 0.1) is 16.6 Å². The van der Waals surface area contributed by atoms with Crippen LogP contribution in [0.1, 0.15) is 20.7 Å². The second-order valence-electron chi connectivity index (χ2n) is 7.73. The molecule has 13 nitrogen and oxygen atoms in total. The molecule has 1 heterocycles. The number of primary amides is 1. The zero-order valence-corrected chi connectivity index (χ0v) is 20.3. The number of fused-ring (bicyclic) bond motifs is 2. The van der Waals surface area contributed by atoms with Crippen molar-refractivity contribution in [3.05, 3.63) is 58.9 Å². The van der Waals surface area contributed by atoms with Crippen molar-refractivity contribution in [1.82, 2.24) is 0 Å². The van der Waals surface area contributed by atoms with Gasteiger partial charge >= 0.3 is 5.97 Å². The largest absolute Gasteiger partial charge is 0.478 e. The first kappa shape index (κ1) is 25.8. The number of rotatable bonds is 5. The van der Waals surface area contributed by atoms with Gasteiger partial charge < -0.3 is 21.0 Å². The Morgan fingerprint density at radius 1 is 0.919 bits per heavy atom. The molecule has 1 aliphatic heterocycles. The molecule has 2 aromatic carbocycles. The van der Waals surface area contributed by atoms with Crippen LogP contribution in [0, 0.1) is 0 Å². The molecule has 0 fully saturated rings. The maximum absolute atomic E-state index is 12.4. The third-order valence-corrected chi connectivity index (χ3v) is 7.38. The number of carboxylic acid groups (broad SMARTS) is 1. The molecule has 0 aromatic heterocycles. The molecule has 192 valence electrons. The van der Waals surface area contributed by atoms with Gasteiger partial charge in [0.25, 0.3) is 20.2 Å². The van der Waals surface area contributed by atoms with Crippen molar-refractivity contribution in [2.45, 2.75) is 9.79 Å². The number of hydrogen-bond acceptors (Lipinski definition) is 9. The summed E-state index contributed by atoms with van der Waals surface area (Å²) in [5, 5.41) is 9.54. The number of anilines is 1. The van der Waals surface area contributed by atoms with E-state index in [9.17, 15) is 40.6 Å². The minimum atomic E-state index is -5.07. The molecule has 4 rings (SSSR count). The molecule has 0 bridgehead atoms. The van der Waals surface area contributed by atoms with Gasteiger partial charge in [-0.05, 0) is 42.0 Å². The minimum Gasteiger partial charge on any atom is -0.478 e. The molecular formula is C22H17N3O10S2. The summed E-state index contributed by atoms with van der Waals surface area (Å²) in [6, 6.07) is 8.35. The van der Waals surface area contributed by atoms with Crippen LogP contribution in [0.2, 0.25) is 0 Å². The zero-order valence-electron chi connectivity index (χ0n) is 18.7. The lowest BCUT2D eigenvalue weighted by molar-refractivity contribution is 0.0697. The summed E-state index contributed by atoms with van der Waals surface area (Å²) in [5.41, 5.74) is 9.13. The lowest BCUT2D eigenvalue weighted by Crippen LogP contribution is -2.18. The summed E-state index contributed by atoms with van der Waals surface area (Å²) in [4.78, 5) is 25.9. The van der Waals surface area contributed by atoms with E-state index in [2.05, 4.69) is 4.99 Å². The number of carbonyl (C=O) groups excluding carboxylic acids is 1. The molecule has 2 aliphatic rings. The summed E-state index contributed by atoms with van der Waals surface area (Å²) in [6.07, 6.45) is 0. The maximum Gasteiger partial charge on any atom is 0.336 e. The topological polar surface area (TPSA) is 241 Å². The van der Waals surface area contributed by atoms with E-state index in [1.54, 1.807) is 0 Å². The maximum atomic E-state index is 12.4. The quantitative estimate of drug-likeness (QED) is 0.136. The number of carbonyl (C=O) groups is 2. The Labute approximate surface area is 208 Å². The summed E-state index contributed by atoms with van der Waals surface area (Å²) >= 11 is 0. The van der Waals surface area contributed by atoms with Gasteiger partial charge in [0, 0.05) is 29.1 Å². The number of carboxylic acids is 1. The third kappa shape index (κ3) is 4.29. The Bertz CT molecular complexity index is 1910. The average molecular weight is 548 g/mol. The van der Waals surface area contributed by atoms with E-state index in [1.807, 2.05) is 0 Å². The van der Waals surface area contributed by atoms with Crippen LogP contribution >= 0.6 is 0 Å². The van der Waals surface area contributed by atoms with Crippen LogP contribution in [-0.4, -0.2) is 50.0 Å². The van der Waals surface area contributed by atoms with Gasteiger partial charge in [-0.15, -0.1) is 0 Å². The van der Waals surface area contributed by atoms with E-state index in [0.29, 0.717) is 0 Å². The number of hydrogen-bond donors (Lipinski definition) is 5. The van der Waals surface area contributed by atoms with E-state index < -0.39 is 64.5 Å². The summed E-state index contributed by atoms with van der Waals surface area (Å²) in [7, 11) is -8.89. The Morgan fingerprint density at radius 3 is 2.08 bits per heavy atom. The summed E-state index contributed by atoms with van der Waals surface area (Å²) in [6.45, 7) is 0. The molecule has 0 atom stereocenters. The predicted molar refractivity (Wildman–Crippen MR) is 129 cm³/mol. The van der Waals surface area contributed by atoms with Crippen molar-refractivity contribution < 1.29 is 45.1 Å². The van der Waals surface area contributed by atoms with Crippen molar-refractivity contribution in [2.24, 2.45) is 10.7 Å². The third-order valence-electron chi connectivity index (χ3n) is 5.54. The Balaban J connectivity index is 2.39. The number of nitrogen functional groups attached to an aromatic ring is 1. The number of aromatic carboxylic acids is 1. The monoisotopic (exact) mass is 547 g/mol. The first-order valence-electron chi connectivity index (χ1n) is 10.0. The van der Waals surface area contributed by atoms with Gasteiger partial charge in [0.1, 0.15) is 0 Å². The Morgan fingerprint density at radius 2 is 1.54 bits per heavy atom. The van der Waals surface area contributed by atoms with Crippen LogP contribution in [0.15, 0.2) is 61.7 Å². The molecule has 0 saturated heterocycles. The van der Waals surface area contributed by atoms with Gasteiger partial charge in [0.2, 0.25) is 5.91 Å². The fourth-order valence-corrected chi connectivity index (χ4v) is 5.61. The second-order valence-corrected chi connectivity index (χ2v) is 10.4. The van der Waals surface area contributed by atoms with E-state index in [4.69, 9.17) is 15.9 Å². The van der Waals surface area contributed by atoms with Gasteiger partial charge in [-0.2, -0.15) is 16.8 Å². The van der Waals surface area contributed by atoms with Crippen molar-refractivity contribution in [1.29, 1.82) is 0 Å². The Kier molecular flexibility index (Phi) is 6.04. The second kappa shape index (κ2) is 8.67. The van der Waals surface area contributed by atoms with Crippen LogP contribution in [0.3, 0.4) is 0 Å². The van der Waals surface area contributed by atoms with Gasteiger partial charge in [-0.25, -0.2) is 4.79 Å². The van der Waals surface area contributed by atoms with E-state index in [-0.39, 0.29) is 33.0 Å². The lowest BCUT2D eigenvalue weighted by Gasteiger charge is -2.20. The van der Waals surface area contributed by atoms with Crippen LogP contribution in [0.25, 0.3) is 33.4 Å². The minimum absolute atomic E-state index is 0.0675. The standard InChI is InChI=1S/C22H17N3O10S2/c1-25-15-7-5-12-16(10-3-2-9(21(24)26)8-13(10)22(27)28)11-4-6-14(23)19(36(29,30)31)17(11)35-18(12)20(15)37(32,33)34/h2-8H,23H2,1H3,(H2,24,26)(H,27,28)(H,29,30,31)(H,32,33,34)/b25-15+. The normalized spacial score (nSPS) is 12.8. The molecule has 1 amide bonds. The highest BCUT2D eigenvalue weighted by Crippen LogP contribution is 2.45. The molecule has 37 heavy (non-hydrogen) atoms. The number of benzene rings is 3. The van der Waals surface area contributed by atoms with Crippen molar-refractivity contribution in [3.63, 3.8) is 0 Å². The molecule has 0 radical (unpaired) electrons. The first-order chi connectivity index (χ1) is 17.2. The van der Waals surface area contributed by atoms with E-state index in [1.165, 1.54) is 37.4 Å². The van der Waals surface area contributed by atoms with Crippen LogP contribution in [0.4, 0.5) is 5.69 Å². The lowest BCUT2D eigenvalue weighted by atomic mass is 9.89. The summed E-state index contributed by atoms with van der Waals surface area (Å²) in [5.74, 6) is -3.02. The van der Waals surface area contributed by atoms with Crippen molar-refractivity contribution in [3.8, 4) is 22.5 Å². The zero-order chi connectivity index (χ0) is 27.4. The molecule has 2 aromatic rings. The van der Waals surface area contributed by atoms with E-state index in [0.717, 1.165) is 12.1 Å². The highest BCUT2D eigenvalue weighted by Gasteiger charge is 2.32. The molecule has 0 unspecified atom stereocenters. The number of nitrogens with zero attached hydrogens (tertiary/aromatic N) is 1. The van der Waals surface area contributed by atoms with Crippen molar-refractivity contribution in [2.75, 3.05) is 12.8 Å². The molecular weight excluding hydrogens is 530 g/mol. The Hall–Kier alpha value is -4.31. The molecule has 15 heteroatoms. The molecule has 7 N–H and O–H groups in total. The first-order valence-corrected chi connectivity index (χ1v) is 12.9. The van der Waals surface area contributed by atoms with Crippen LogP contribution in [-0.2, 0) is 20.2 Å². The predicted octanol–water partition coefficient (Wildman–Crippen LogP) is 1.61. The number of nitrogens with two attached hydrogens (primary N) is 2. The molecule has 0 spiro atoms. The van der Waals surface area contributed by atoms with Crippen LogP contribution in [0.5, 0.6) is 0 Å². The van der Waals surface area contributed by atoms with Crippen molar-refractivity contribution >= 4 is 48.8 Å². The van der Waals surface area contributed by atoms with Gasteiger partial charge in [0.15, 0.2) is 21.1 Å². The average Bonchev–Trinajstić information content (AvgIpc) is 2.79. The number of amides is 1. The summed E-state index contributed by atoms with van der Waals surface area (Å²) < 4.78 is 74.7. The highest BCUT2D eigenvalue weighted by molar-refractivity contribution is 7.86. The van der Waals surface area contributed by atoms with Crippen LogP contribution < -0.4 is 16.8 Å². The SMILES string of the molecule is C/N=c1\ccc2c(-c3ccc(C(N)=O)cc3C(=O)O)c3ccc(N)c(S(=O)(=O)O)c3oc-2c1S(=O)(=O)O. The van der Waals surface area contributed by atoms with Gasteiger partial charge in [-0.1, -0.05) is 6.07 Å². The fourth-order valence-electron chi connectivity index (χ4n) is 4.05. The van der Waals surface area contributed by atoms with E-state index >= 15 is 0 Å². The molecule has 1 aliphatic carbocycles. The highest BCUT2D eigenvalue weighted by atomic mass is 32.2.